The molecule has 0 saturated heterocycles. The van der Waals surface area contributed by atoms with Crippen molar-refractivity contribution in [2.75, 3.05) is 0 Å². The van der Waals surface area contributed by atoms with Gasteiger partial charge in [0.05, 0.1) is 6.04 Å². The van der Waals surface area contributed by atoms with Crippen molar-refractivity contribution in [1.82, 2.24) is 5.43 Å². The van der Waals surface area contributed by atoms with Crippen molar-refractivity contribution in [2.45, 2.75) is 26.8 Å². The fraction of sp³-hybridized carbons (Fsp3) is 0.250. The molecule has 2 aromatic rings. The lowest BCUT2D eigenvalue weighted by Gasteiger charge is -2.20. The highest BCUT2D eigenvalue weighted by atomic mass is 19.1. The zero-order valence-corrected chi connectivity index (χ0v) is 11.5. The molecule has 2 nitrogen and oxygen atoms in total. The van der Waals surface area contributed by atoms with Gasteiger partial charge < -0.3 is 0 Å². The summed E-state index contributed by atoms with van der Waals surface area (Å²) in [7, 11) is 0. The zero-order chi connectivity index (χ0) is 14.0. The number of hydrazine groups is 1. The summed E-state index contributed by atoms with van der Waals surface area (Å²) in [4.78, 5) is 0. The van der Waals surface area contributed by atoms with E-state index >= 15 is 0 Å². The van der Waals surface area contributed by atoms with Crippen molar-refractivity contribution in [3.63, 3.8) is 0 Å². The maximum absolute atomic E-state index is 13.4. The molecule has 2 rings (SSSR count). The first-order chi connectivity index (χ1) is 9.01. The highest BCUT2D eigenvalue weighted by molar-refractivity contribution is 5.40. The lowest BCUT2D eigenvalue weighted by atomic mass is 9.93. The Kier molecular flexibility index (Phi) is 3.98. The van der Waals surface area contributed by atoms with Gasteiger partial charge in [-0.25, -0.2) is 9.82 Å². The smallest absolute Gasteiger partial charge is 0.123 e. The third-order valence-corrected chi connectivity index (χ3v) is 3.30. The van der Waals surface area contributed by atoms with E-state index in [1.54, 1.807) is 6.07 Å². The topological polar surface area (TPSA) is 38.0 Å². The second-order valence-corrected chi connectivity index (χ2v) is 5.02. The number of nitrogens with two attached hydrogens (primary N) is 1. The maximum Gasteiger partial charge on any atom is 0.123 e. The second-order valence-electron chi connectivity index (χ2n) is 5.02. The monoisotopic (exact) mass is 258 g/mol. The zero-order valence-electron chi connectivity index (χ0n) is 11.5. The summed E-state index contributed by atoms with van der Waals surface area (Å²) in [5.41, 5.74) is 8.07. The fourth-order valence-electron chi connectivity index (χ4n) is 2.46. The first-order valence-corrected chi connectivity index (χ1v) is 6.31. The highest BCUT2D eigenvalue weighted by Gasteiger charge is 2.16. The van der Waals surface area contributed by atoms with E-state index in [9.17, 15) is 4.39 Å². The molecule has 0 heterocycles. The van der Waals surface area contributed by atoms with Crippen molar-refractivity contribution in [3.05, 3.63) is 70.0 Å². The Morgan fingerprint density at radius 3 is 2.21 bits per heavy atom. The van der Waals surface area contributed by atoms with E-state index < -0.39 is 0 Å². The molecule has 3 N–H and O–H groups in total. The van der Waals surface area contributed by atoms with Crippen molar-refractivity contribution in [3.8, 4) is 0 Å². The Hall–Kier alpha value is -1.71. The third-order valence-electron chi connectivity index (χ3n) is 3.30. The van der Waals surface area contributed by atoms with Gasteiger partial charge in [0.2, 0.25) is 0 Å². The molecule has 0 aromatic heterocycles. The Labute approximate surface area is 113 Å². The first kappa shape index (κ1) is 13.7. The molecule has 0 aliphatic carbocycles. The maximum atomic E-state index is 13.4. The SMILES string of the molecule is Cc1cc(C)cc(C(NN)c2cc(F)ccc2C)c1. The standard InChI is InChI=1S/C16H19FN2/c1-10-6-11(2)8-13(7-10)16(19-18)15-9-14(17)5-4-12(15)3/h4-9,16,19H,18H2,1-3H3. The summed E-state index contributed by atoms with van der Waals surface area (Å²) >= 11 is 0. The Morgan fingerprint density at radius 1 is 1.00 bits per heavy atom. The number of benzene rings is 2. The van der Waals surface area contributed by atoms with Crippen LogP contribution >= 0.6 is 0 Å². The average Bonchev–Trinajstić information content (AvgIpc) is 2.33. The summed E-state index contributed by atoms with van der Waals surface area (Å²) in [5.74, 6) is 5.44. The van der Waals surface area contributed by atoms with Crippen LogP contribution in [0.3, 0.4) is 0 Å². The van der Waals surface area contributed by atoms with Crippen molar-refractivity contribution >= 4 is 0 Å². The number of rotatable bonds is 3. The summed E-state index contributed by atoms with van der Waals surface area (Å²) in [6, 6.07) is 10.8. The molecule has 0 aliphatic rings. The number of halogens is 1. The molecule has 2 aromatic carbocycles. The van der Waals surface area contributed by atoms with Gasteiger partial charge in [-0.3, -0.25) is 5.84 Å². The van der Waals surface area contributed by atoms with E-state index in [0.29, 0.717) is 0 Å². The van der Waals surface area contributed by atoms with E-state index in [4.69, 9.17) is 5.84 Å². The molecule has 0 fully saturated rings. The first-order valence-electron chi connectivity index (χ1n) is 6.31. The van der Waals surface area contributed by atoms with Crippen LogP contribution in [0.5, 0.6) is 0 Å². The van der Waals surface area contributed by atoms with Gasteiger partial charge in [-0.2, -0.15) is 0 Å². The minimum Gasteiger partial charge on any atom is -0.271 e. The van der Waals surface area contributed by atoms with Gasteiger partial charge in [0.1, 0.15) is 5.82 Å². The molecule has 100 valence electrons. The van der Waals surface area contributed by atoms with Gasteiger partial charge in [0.25, 0.3) is 0 Å². The van der Waals surface area contributed by atoms with Crippen molar-refractivity contribution in [2.24, 2.45) is 5.84 Å². The van der Waals surface area contributed by atoms with Crippen LogP contribution in [0.15, 0.2) is 36.4 Å². The van der Waals surface area contributed by atoms with Crippen LogP contribution in [0.2, 0.25) is 0 Å². The van der Waals surface area contributed by atoms with Crippen LogP contribution in [0.1, 0.15) is 33.9 Å². The van der Waals surface area contributed by atoms with Gasteiger partial charge in [-0.1, -0.05) is 35.4 Å². The average molecular weight is 258 g/mol. The molecule has 1 unspecified atom stereocenters. The molecule has 0 amide bonds. The minimum atomic E-state index is -0.245. The van der Waals surface area contributed by atoms with Crippen LogP contribution in [0.4, 0.5) is 4.39 Å². The summed E-state index contributed by atoms with van der Waals surface area (Å²) in [5, 5.41) is 0. The second kappa shape index (κ2) is 5.51. The summed E-state index contributed by atoms with van der Waals surface area (Å²) < 4.78 is 13.4. The van der Waals surface area contributed by atoms with Gasteiger partial charge in [0.15, 0.2) is 0 Å². The van der Waals surface area contributed by atoms with Gasteiger partial charge in [-0.15, -0.1) is 0 Å². The summed E-state index contributed by atoms with van der Waals surface area (Å²) in [6.07, 6.45) is 0. The molecular formula is C16H19FN2. The molecule has 0 spiro atoms. The van der Waals surface area contributed by atoms with E-state index in [0.717, 1.165) is 16.7 Å². The molecule has 0 radical (unpaired) electrons. The Bertz CT molecular complexity index is 573. The van der Waals surface area contributed by atoms with Gasteiger partial charge in [0, 0.05) is 0 Å². The highest BCUT2D eigenvalue weighted by Crippen LogP contribution is 2.26. The third kappa shape index (κ3) is 3.00. The molecule has 0 aliphatic heterocycles. The van der Waals surface area contributed by atoms with Crippen LogP contribution in [-0.4, -0.2) is 0 Å². The van der Waals surface area contributed by atoms with Crippen molar-refractivity contribution in [1.29, 1.82) is 0 Å². The van der Waals surface area contributed by atoms with Crippen LogP contribution in [-0.2, 0) is 0 Å². The van der Waals surface area contributed by atoms with E-state index in [1.165, 1.54) is 23.3 Å². The number of hydrogen-bond acceptors (Lipinski definition) is 2. The van der Waals surface area contributed by atoms with Gasteiger partial charge >= 0.3 is 0 Å². The van der Waals surface area contributed by atoms with Gasteiger partial charge in [-0.05, 0) is 49.6 Å². The molecule has 3 heteroatoms. The molecule has 19 heavy (non-hydrogen) atoms. The normalized spacial score (nSPS) is 12.5. The fourth-order valence-corrected chi connectivity index (χ4v) is 2.46. The summed E-state index contributed by atoms with van der Waals surface area (Å²) in [6.45, 7) is 6.05. The number of hydrogen-bond donors (Lipinski definition) is 2. The van der Waals surface area contributed by atoms with E-state index in [-0.39, 0.29) is 11.9 Å². The lowest BCUT2D eigenvalue weighted by molar-refractivity contribution is 0.602. The molecule has 0 saturated carbocycles. The van der Waals surface area contributed by atoms with Crippen LogP contribution in [0.25, 0.3) is 0 Å². The minimum absolute atomic E-state index is 0.200. The molecular weight excluding hydrogens is 239 g/mol. The Morgan fingerprint density at radius 2 is 1.63 bits per heavy atom. The van der Waals surface area contributed by atoms with Crippen LogP contribution < -0.4 is 11.3 Å². The quantitative estimate of drug-likeness (QED) is 0.655. The van der Waals surface area contributed by atoms with Crippen LogP contribution in [0, 0.1) is 26.6 Å². The lowest BCUT2D eigenvalue weighted by Crippen LogP contribution is -2.29. The predicted octanol–water partition coefficient (Wildman–Crippen LogP) is 3.30. The van der Waals surface area contributed by atoms with E-state index in [2.05, 4.69) is 23.6 Å². The molecule has 1 atom stereocenters. The number of nitrogens with one attached hydrogen (secondary N) is 1. The van der Waals surface area contributed by atoms with E-state index in [1.807, 2.05) is 20.8 Å². The number of aryl methyl sites for hydroxylation is 3. The Balaban J connectivity index is 2.52. The predicted molar refractivity (Wildman–Crippen MR) is 76.2 cm³/mol. The molecule has 0 bridgehead atoms. The van der Waals surface area contributed by atoms with Crippen molar-refractivity contribution < 1.29 is 4.39 Å². The largest absolute Gasteiger partial charge is 0.271 e.